The van der Waals surface area contributed by atoms with Crippen LogP contribution in [0.15, 0.2) is 18.2 Å². The average molecular weight is 254 g/mol. The maximum Gasteiger partial charge on any atom is 0.161 e. The van der Waals surface area contributed by atoms with Gasteiger partial charge in [0.05, 0.1) is 13.2 Å². The monoisotopic (exact) mass is 254 g/mol. The number of aliphatic hydroxyl groups excluding tert-OH is 1. The number of benzene rings is 1. The quantitative estimate of drug-likeness (QED) is 0.708. The van der Waals surface area contributed by atoms with Crippen LogP contribution >= 0.6 is 0 Å². The molecule has 0 saturated heterocycles. The molecule has 1 aromatic carbocycles. The van der Waals surface area contributed by atoms with Crippen LogP contribution in [0, 0.1) is 0 Å². The molecule has 1 aromatic rings. The second kappa shape index (κ2) is 7.68. The van der Waals surface area contributed by atoms with E-state index in [1.807, 2.05) is 6.92 Å². The van der Waals surface area contributed by atoms with Crippen LogP contribution in [0.1, 0.15) is 17.3 Å². The Morgan fingerprint density at radius 3 is 2.67 bits per heavy atom. The Bertz CT molecular complexity index is 378. The summed E-state index contributed by atoms with van der Waals surface area (Å²) in [4.78, 5) is 10.7. The van der Waals surface area contributed by atoms with Gasteiger partial charge in [0.15, 0.2) is 11.5 Å². The van der Waals surface area contributed by atoms with Crippen LogP contribution in [0.2, 0.25) is 0 Å². The predicted octanol–water partition coefficient (Wildman–Crippen LogP) is 1.28. The minimum absolute atomic E-state index is 0.106. The fourth-order valence-electron chi connectivity index (χ4n) is 1.41. The largest absolute Gasteiger partial charge is 0.490 e. The lowest BCUT2D eigenvalue weighted by Gasteiger charge is -2.14. The maximum absolute atomic E-state index is 10.7. The van der Waals surface area contributed by atoms with Crippen LogP contribution in [0.4, 0.5) is 0 Å². The topological polar surface area (TPSA) is 65.0 Å². The SMILES string of the molecule is CCOc1cc(C=O)ccc1OCC(O)COC. The van der Waals surface area contributed by atoms with Crippen molar-refractivity contribution < 1.29 is 24.1 Å². The summed E-state index contributed by atoms with van der Waals surface area (Å²) in [6.07, 6.45) is 0.0433. The predicted molar refractivity (Wildman–Crippen MR) is 66.4 cm³/mol. The van der Waals surface area contributed by atoms with Crippen molar-refractivity contribution in [3.8, 4) is 11.5 Å². The summed E-state index contributed by atoms with van der Waals surface area (Å²) in [7, 11) is 1.51. The lowest BCUT2D eigenvalue weighted by atomic mass is 10.2. The minimum Gasteiger partial charge on any atom is -0.490 e. The number of methoxy groups -OCH3 is 1. The highest BCUT2D eigenvalue weighted by Crippen LogP contribution is 2.28. The highest BCUT2D eigenvalue weighted by Gasteiger charge is 2.09. The Labute approximate surface area is 106 Å². The summed E-state index contributed by atoms with van der Waals surface area (Å²) < 4.78 is 15.6. The van der Waals surface area contributed by atoms with Crippen LogP contribution in [0.5, 0.6) is 11.5 Å². The summed E-state index contributed by atoms with van der Waals surface area (Å²) in [5.74, 6) is 0.990. The number of aliphatic hydroxyl groups is 1. The van der Waals surface area contributed by atoms with Gasteiger partial charge in [-0.3, -0.25) is 4.79 Å². The summed E-state index contributed by atoms with van der Waals surface area (Å²) >= 11 is 0. The lowest BCUT2D eigenvalue weighted by molar-refractivity contribution is 0.0318. The number of hydrogen-bond donors (Lipinski definition) is 1. The first-order valence-electron chi connectivity index (χ1n) is 5.73. The van der Waals surface area contributed by atoms with Crippen molar-refractivity contribution in [2.75, 3.05) is 26.9 Å². The molecule has 0 amide bonds. The van der Waals surface area contributed by atoms with Crippen molar-refractivity contribution >= 4 is 6.29 Å². The third-order valence-corrected chi connectivity index (χ3v) is 2.19. The number of rotatable bonds is 8. The standard InChI is InChI=1S/C13H18O5/c1-3-17-13-6-10(7-14)4-5-12(13)18-9-11(15)8-16-2/h4-7,11,15H,3,8-9H2,1-2H3. The van der Waals surface area contributed by atoms with E-state index in [0.29, 0.717) is 23.7 Å². The Morgan fingerprint density at radius 1 is 1.28 bits per heavy atom. The third kappa shape index (κ3) is 4.35. The van der Waals surface area contributed by atoms with Gasteiger partial charge in [-0.05, 0) is 25.1 Å². The number of hydrogen-bond acceptors (Lipinski definition) is 5. The average Bonchev–Trinajstić information content (AvgIpc) is 2.38. The molecule has 0 heterocycles. The molecule has 1 N–H and O–H groups in total. The molecule has 0 saturated carbocycles. The van der Waals surface area contributed by atoms with Gasteiger partial charge in [0, 0.05) is 12.7 Å². The number of carbonyl (C=O) groups excluding carboxylic acids is 1. The van der Waals surface area contributed by atoms with Crippen LogP contribution in [0.25, 0.3) is 0 Å². The van der Waals surface area contributed by atoms with E-state index in [0.717, 1.165) is 6.29 Å². The molecule has 0 bridgehead atoms. The second-order valence-electron chi connectivity index (χ2n) is 3.68. The lowest BCUT2D eigenvalue weighted by Crippen LogP contribution is -2.22. The number of carbonyl (C=O) groups is 1. The first kappa shape index (κ1) is 14.5. The van der Waals surface area contributed by atoms with E-state index in [1.54, 1.807) is 18.2 Å². The molecule has 5 heteroatoms. The molecule has 1 rings (SSSR count). The van der Waals surface area contributed by atoms with Crippen molar-refractivity contribution in [2.45, 2.75) is 13.0 Å². The van der Waals surface area contributed by atoms with E-state index in [4.69, 9.17) is 14.2 Å². The zero-order valence-electron chi connectivity index (χ0n) is 10.6. The molecule has 0 spiro atoms. The molecule has 0 aromatic heterocycles. The Hall–Kier alpha value is -1.59. The van der Waals surface area contributed by atoms with Crippen molar-refractivity contribution in [3.05, 3.63) is 23.8 Å². The van der Waals surface area contributed by atoms with Crippen molar-refractivity contribution in [1.29, 1.82) is 0 Å². The molecule has 0 fully saturated rings. The molecule has 1 atom stereocenters. The van der Waals surface area contributed by atoms with Gasteiger partial charge in [-0.15, -0.1) is 0 Å². The molecule has 18 heavy (non-hydrogen) atoms. The molecular weight excluding hydrogens is 236 g/mol. The number of ether oxygens (including phenoxy) is 3. The minimum atomic E-state index is -0.699. The molecule has 1 unspecified atom stereocenters. The molecule has 100 valence electrons. The van der Waals surface area contributed by atoms with E-state index >= 15 is 0 Å². The smallest absolute Gasteiger partial charge is 0.161 e. The van der Waals surface area contributed by atoms with E-state index in [-0.39, 0.29) is 13.2 Å². The van der Waals surface area contributed by atoms with E-state index in [2.05, 4.69) is 0 Å². The highest BCUT2D eigenvalue weighted by molar-refractivity contribution is 5.76. The van der Waals surface area contributed by atoms with Gasteiger partial charge >= 0.3 is 0 Å². The van der Waals surface area contributed by atoms with Crippen molar-refractivity contribution in [2.24, 2.45) is 0 Å². The first-order chi connectivity index (χ1) is 8.71. The molecule has 0 aliphatic carbocycles. The van der Waals surface area contributed by atoms with Crippen molar-refractivity contribution in [1.82, 2.24) is 0 Å². The molecule has 0 radical (unpaired) electrons. The van der Waals surface area contributed by atoms with Gasteiger partial charge in [-0.2, -0.15) is 0 Å². The normalized spacial score (nSPS) is 11.9. The van der Waals surface area contributed by atoms with E-state index in [9.17, 15) is 9.90 Å². The highest BCUT2D eigenvalue weighted by atomic mass is 16.5. The van der Waals surface area contributed by atoms with Crippen LogP contribution in [-0.2, 0) is 4.74 Å². The van der Waals surface area contributed by atoms with Gasteiger partial charge in [0.2, 0.25) is 0 Å². The van der Waals surface area contributed by atoms with Gasteiger partial charge in [-0.25, -0.2) is 0 Å². The maximum atomic E-state index is 10.7. The number of aldehydes is 1. The Morgan fingerprint density at radius 2 is 2.06 bits per heavy atom. The third-order valence-electron chi connectivity index (χ3n) is 2.19. The molecular formula is C13H18O5. The zero-order chi connectivity index (χ0) is 13.4. The first-order valence-corrected chi connectivity index (χ1v) is 5.73. The molecule has 0 aliphatic rings. The second-order valence-corrected chi connectivity index (χ2v) is 3.68. The van der Waals surface area contributed by atoms with Crippen LogP contribution in [0.3, 0.4) is 0 Å². The Kier molecular flexibility index (Phi) is 6.18. The van der Waals surface area contributed by atoms with Gasteiger partial charge in [-0.1, -0.05) is 0 Å². The van der Waals surface area contributed by atoms with Gasteiger partial charge < -0.3 is 19.3 Å². The summed E-state index contributed by atoms with van der Waals surface area (Å²) in [5.41, 5.74) is 0.517. The summed E-state index contributed by atoms with van der Waals surface area (Å²) in [5, 5.41) is 9.49. The fraction of sp³-hybridized carbons (Fsp3) is 0.462. The molecule has 0 aliphatic heterocycles. The van der Waals surface area contributed by atoms with E-state index < -0.39 is 6.10 Å². The fourth-order valence-corrected chi connectivity index (χ4v) is 1.41. The Balaban J connectivity index is 2.71. The summed E-state index contributed by atoms with van der Waals surface area (Å²) in [6, 6.07) is 4.89. The van der Waals surface area contributed by atoms with Crippen molar-refractivity contribution in [3.63, 3.8) is 0 Å². The van der Waals surface area contributed by atoms with E-state index in [1.165, 1.54) is 7.11 Å². The summed E-state index contributed by atoms with van der Waals surface area (Å²) in [6.45, 7) is 2.63. The van der Waals surface area contributed by atoms with Crippen LogP contribution in [-0.4, -0.2) is 44.4 Å². The van der Waals surface area contributed by atoms with Gasteiger partial charge in [0.25, 0.3) is 0 Å². The molecule has 5 nitrogen and oxygen atoms in total. The zero-order valence-corrected chi connectivity index (χ0v) is 10.6. The van der Waals surface area contributed by atoms with Gasteiger partial charge in [0.1, 0.15) is 19.0 Å². The van der Waals surface area contributed by atoms with Crippen LogP contribution < -0.4 is 9.47 Å².